The van der Waals surface area contributed by atoms with Gasteiger partial charge in [-0.05, 0) is 37.3 Å². The van der Waals surface area contributed by atoms with E-state index in [1.165, 1.54) is 4.68 Å². The van der Waals surface area contributed by atoms with E-state index in [-0.39, 0.29) is 12.6 Å². The lowest BCUT2D eigenvalue weighted by molar-refractivity contribution is 0.0934. The van der Waals surface area contributed by atoms with Crippen LogP contribution < -0.4 is 10.1 Å². The minimum Gasteiger partial charge on any atom is -0.471 e. The van der Waals surface area contributed by atoms with Crippen molar-refractivity contribution in [2.75, 3.05) is 6.54 Å². The van der Waals surface area contributed by atoms with E-state index in [0.29, 0.717) is 23.0 Å². The summed E-state index contributed by atoms with van der Waals surface area (Å²) in [6.07, 6.45) is 1.57. The van der Waals surface area contributed by atoms with Crippen molar-refractivity contribution in [2.24, 2.45) is 0 Å². The topological polar surface area (TPSA) is 56.2 Å². The van der Waals surface area contributed by atoms with Gasteiger partial charge in [-0.2, -0.15) is 5.10 Å². The van der Waals surface area contributed by atoms with Gasteiger partial charge in [0.1, 0.15) is 11.4 Å². The highest BCUT2D eigenvalue weighted by atomic mass is 35.5. The summed E-state index contributed by atoms with van der Waals surface area (Å²) < 4.78 is 7.04. The van der Waals surface area contributed by atoms with Crippen molar-refractivity contribution in [3.8, 4) is 5.75 Å². The van der Waals surface area contributed by atoms with Gasteiger partial charge in [0.15, 0.2) is 6.73 Å². The Labute approximate surface area is 116 Å². The molecule has 0 saturated carbocycles. The first-order valence-electron chi connectivity index (χ1n) is 5.89. The van der Waals surface area contributed by atoms with Gasteiger partial charge < -0.3 is 10.1 Å². The molecule has 1 aromatic heterocycles. The maximum absolute atomic E-state index is 11.7. The second kappa shape index (κ2) is 6.24. The Kier molecular flexibility index (Phi) is 4.41. The molecule has 19 heavy (non-hydrogen) atoms. The molecule has 0 radical (unpaired) electrons. The molecule has 0 fully saturated rings. The SMILES string of the molecule is CCNC(=O)c1ccnn1COc1ccc(Cl)cc1. The molecule has 0 atom stereocenters. The zero-order chi connectivity index (χ0) is 13.7. The number of nitrogens with one attached hydrogen (secondary N) is 1. The Bertz CT molecular complexity index is 551. The number of aromatic nitrogens is 2. The Morgan fingerprint density at radius 1 is 1.37 bits per heavy atom. The number of hydrogen-bond acceptors (Lipinski definition) is 3. The van der Waals surface area contributed by atoms with Gasteiger partial charge in [0.05, 0.1) is 0 Å². The van der Waals surface area contributed by atoms with Crippen LogP contribution in [0.2, 0.25) is 5.02 Å². The number of hydrogen-bond donors (Lipinski definition) is 1. The standard InChI is InChI=1S/C13H14ClN3O2/c1-2-15-13(18)12-7-8-16-17(12)9-19-11-5-3-10(14)4-6-11/h3-8H,2,9H2,1H3,(H,15,18). The summed E-state index contributed by atoms with van der Waals surface area (Å²) in [7, 11) is 0. The van der Waals surface area contributed by atoms with Crippen molar-refractivity contribution >= 4 is 17.5 Å². The predicted octanol–water partition coefficient (Wildman–Crippen LogP) is 2.32. The zero-order valence-corrected chi connectivity index (χ0v) is 11.2. The lowest BCUT2D eigenvalue weighted by Gasteiger charge is -2.09. The van der Waals surface area contributed by atoms with Crippen LogP contribution in [-0.2, 0) is 6.73 Å². The minimum atomic E-state index is -0.167. The molecule has 0 aliphatic rings. The fraction of sp³-hybridized carbons (Fsp3) is 0.231. The molecule has 1 aromatic carbocycles. The first-order chi connectivity index (χ1) is 9.20. The van der Waals surface area contributed by atoms with Gasteiger partial charge >= 0.3 is 0 Å². The first-order valence-corrected chi connectivity index (χ1v) is 6.27. The van der Waals surface area contributed by atoms with Crippen LogP contribution in [0.1, 0.15) is 17.4 Å². The van der Waals surface area contributed by atoms with Crippen molar-refractivity contribution in [3.63, 3.8) is 0 Å². The van der Waals surface area contributed by atoms with E-state index in [0.717, 1.165) is 0 Å². The Morgan fingerprint density at radius 3 is 2.79 bits per heavy atom. The maximum Gasteiger partial charge on any atom is 0.269 e. The molecule has 0 bridgehead atoms. The highest BCUT2D eigenvalue weighted by Crippen LogP contribution is 2.16. The lowest BCUT2D eigenvalue weighted by Crippen LogP contribution is -2.26. The quantitative estimate of drug-likeness (QED) is 0.914. The number of ether oxygens (including phenoxy) is 1. The van der Waals surface area contributed by atoms with E-state index < -0.39 is 0 Å². The molecule has 0 spiro atoms. The fourth-order valence-electron chi connectivity index (χ4n) is 1.55. The van der Waals surface area contributed by atoms with Crippen molar-refractivity contribution in [1.29, 1.82) is 0 Å². The second-order valence-electron chi connectivity index (χ2n) is 3.80. The third-order valence-electron chi connectivity index (χ3n) is 2.45. The third kappa shape index (κ3) is 3.48. The van der Waals surface area contributed by atoms with Crippen LogP contribution in [0.5, 0.6) is 5.75 Å². The summed E-state index contributed by atoms with van der Waals surface area (Å²) in [6.45, 7) is 2.60. The molecular weight excluding hydrogens is 266 g/mol. The van der Waals surface area contributed by atoms with Crippen LogP contribution in [0.4, 0.5) is 0 Å². The molecule has 1 heterocycles. The van der Waals surface area contributed by atoms with Crippen molar-refractivity contribution in [3.05, 3.63) is 47.2 Å². The summed E-state index contributed by atoms with van der Waals surface area (Å²) >= 11 is 5.79. The van der Waals surface area contributed by atoms with Gasteiger partial charge in [0.25, 0.3) is 5.91 Å². The molecule has 100 valence electrons. The summed E-state index contributed by atoms with van der Waals surface area (Å²) in [4.78, 5) is 11.7. The normalized spacial score (nSPS) is 10.2. The van der Waals surface area contributed by atoms with Gasteiger partial charge in [-0.3, -0.25) is 4.79 Å². The van der Waals surface area contributed by atoms with Gasteiger partial charge in [0.2, 0.25) is 0 Å². The summed E-state index contributed by atoms with van der Waals surface area (Å²) in [5.74, 6) is 0.501. The van der Waals surface area contributed by atoms with Crippen LogP contribution in [0.3, 0.4) is 0 Å². The Hall–Kier alpha value is -2.01. The number of nitrogens with zero attached hydrogens (tertiary/aromatic N) is 2. The summed E-state index contributed by atoms with van der Waals surface area (Å²) in [5, 5.41) is 7.43. The van der Waals surface area contributed by atoms with Crippen LogP contribution >= 0.6 is 11.6 Å². The van der Waals surface area contributed by atoms with Crippen molar-refractivity contribution in [2.45, 2.75) is 13.7 Å². The van der Waals surface area contributed by atoms with E-state index in [4.69, 9.17) is 16.3 Å². The monoisotopic (exact) mass is 279 g/mol. The molecule has 2 rings (SSSR count). The average molecular weight is 280 g/mol. The smallest absolute Gasteiger partial charge is 0.269 e. The molecular formula is C13H14ClN3O2. The highest BCUT2D eigenvalue weighted by Gasteiger charge is 2.10. The Morgan fingerprint density at radius 2 is 2.11 bits per heavy atom. The van der Waals surface area contributed by atoms with Gasteiger partial charge in [-0.1, -0.05) is 11.6 Å². The fourth-order valence-corrected chi connectivity index (χ4v) is 1.67. The first kappa shape index (κ1) is 13.4. The molecule has 6 heteroatoms. The van der Waals surface area contributed by atoms with E-state index >= 15 is 0 Å². The van der Waals surface area contributed by atoms with Gasteiger partial charge in [-0.15, -0.1) is 0 Å². The molecule has 1 N–H and O–H groups in total. The highest BCUT2D eigenvalue weighted by molar-refractivity contribution is 6.30. The largest absolute Gasteiger partial charge is 0.471 e. The zero-order valence-electron chi connectivity index (χ0n) is 10.5. The van der Waals surface area contributed by atoms with E-state index in [9.17, 15) is 4.79 Å². The van der Waals surface area contributed by atoms with Crippen LogP contribution in [0, 0.1) is 0 Å². The molecule has 5 nitrogen and oxygen atoms in total. The number of rotatable bonds is 5. The average Bonchev–Trinajstić information content (AvgIpc) is 2.87. The van der Waals surface area contributed by atoms with E-state index in [1.807, 2.05) is 6.92 Å². The van der Waals surface area contributed by atoms with Gasteiger partial charge in [0, 0.05) is 17.8 Å². The molecule has 0 aliphatic carbocycles. The maximum atomic E-state index is 11.7. The molecule has 1 amide bonds. The predicted molar refractivity (Wildman–Crippen MR) is 72.3 cm³/mol. The molecule has 0 saturated heterocycles. The number of carbonyl (C=O) groups excluding carboxylic acids is 1. The lowest BCUT2D eigenvalue weighted by atomic mass is 10.3. The van der Waals surface area contributed by atoms with Crippen molar-refractivity contribution < 1.29 is 9.53 Å². The summed E-state index contributed by atoms with van der Waals surface area (Å²) in [5.41, 5.74) is 0.468. The second-order valence-corrected chi connectivity index (χ2v) is 4.24. The minimum absolute atomic E-state index is 0.167. The number of benzene rings is 1. The van der Waals surface area contributed by atoms with Crippen molar-refractivity contribution in [1.82, 2.24) is 15.1 Å². The van der Waals surface area contributed by atoms with Crippen LogP contribution in [0.25, 0.3) is 0 Å². The molecule has 2 aromatic rings. The third-order valence-corrected chi connectivity index (χ3v) is 2.71. The van der Waals surface area contributed by atoms with E-state index in [1.54, 1.807) is 36.5 Å². The molecule has 0 unspecified atom stereocenters. The van der Waals surface area contributed by atoms with Gasteiger partial charge in [-0.25, -0.2) is 4.68 Å². The Balaban J connectivity index is 2.02. The van der Waals surface area contributed by atoms with Crippen LogP contribution in [0.15, 0.2) is 36.5 Å². The number of carbonyl (C=O) groups is 1. The number of amides is 1. The molecule has 0 aliphatic heterocycles. The summed E-state index contributed by atoms with van der Waals surface area (Å²) in [6, 6.07) is 8.65. The van der Waals surface area contributed by atoms with Crippen LogP contribution in [-0.4, -0.2) is 22.2 Å². The number of halogens is 1. The van der Waals surface area contributed by atoms with E-state index in [2.05, 4.69) is 10.4 Å².